The van der Waals surface area contributed by atoms with Crippen LogP contribution >= 0.6 is 0 Å². The Labute approximate surface area is 225 Å². The van der Waals surface area contributed by atoms with Crippen LogP contribution in [0.2, 0.25) is 0 Å². The molecule has 3 aromatic carbocycles. The Morgan fingerprint density at radius 2 is 1.64 bits per heavy atom. The fourth-order valence-electron chi connectivity index (χ4n) is 4.47. The van der Waals surface area contributed by atoms with Gasteiger partial charge in [-0.05, 0) is 29.3 Å². The van der Waals surface area contributed by atoms with Crippen LogP contribution in [-0.4, -0.2) is 54.8 Å². The van der Waals surface area contributed by atoms with Crippen molar-refractivity contribution in [3.05, 3.63) is 95.8 Å². The molecule has 2 heterocycles. The maximum absolute atomic E-state index is 14.9. The number of para-hydroxylation sites is 1. The van der Waals surface area contributed by atoms with E-state index in [1.54, 1.807) is 18.2 Å². The molecule has 2 saturated heterocycles. The molecule has 10 heteroatoms. The highest BCUT2D eigenvalue weighted by molar-refractivity contribution is 5.86. The summed E-state index contributed by atoms with van der Waals surface area (Å²) in [5.41, 5.74) is 5.20. The van der Waals surface area contributed by atoms with Gasteiger partial charge in [0.15, 0.2) is 5.79 Å². The van der Waals surface area contributed by atoms with E-state index in [0.717, 1.165) is 5.56 Å². The Morgan fingerprint density at radius 1 is 1.00 bits per heavy atom. The third-order valence-electron chi connectivity index (χ3n) is 6.27. The summed E-state index contributed by atoms with van der Waals surface area (Å²) in [5.74, 6) is -1.67. The fourth-order valence-corrected chi connectivity index (χ4v) is 4.47. The maximum Gasteiger partial charge on any atom is 0.329 e. The zero-order chi connectivity index (χ0) is 27.7. The number of nitrogens with two attached hydrogens (primary N) is 1. The van der Waals surface area contributed by atoms with E-state index >= 15 is 0 Å². The minimum Gasteiger partial charge on any atom is -0.459 e. The molecule has 39 heavy (non-hydrogen) atoms. The lowest BCUT2D eigenvalue weighted by Gasteiger charge is -2.24. The van der Waals surface area contributed by atoms with Crippen molar-refractivity contribution in [1.82, 2.24) is 4.90 Å². The van der Waals surface area contributed by atoms with E-state index in [0.29, 0.717) is 24.7 Å². The van der Waals surface area contributed by atoms with E-state index in [9.17, 15) is 14.0 Å². The molecule has 0 saturated carbocycles. The fraction of sp³-hybridized carbons (Fsp3) is 0.276. The molecule has 0 radical (unpaired) electrons. The molecule has 1 spiro atoms. The second-order valence-corrected chi connectivity index (χ2v) is 8.92. The van der Waals surface area contributed by atoms with Crippen LogP contribution < -0.4 is 10.5 Å². The molecule has 1 unspecified atom stereocenters. The maximum atomic E-state index is 14.9. The number of benzene rings is 3. The first kappa shape index (κ1) is 27.7. The Morgan fingerprint density at radius 3 is 2.28 bits per heavy atom. The van der Waals surface area contributed by atoms with Crippen LogP contribution in [0.3, 0.4) is 0 Å². The minimum absolute atomic E-state index is 0.0771. The molecule has 2 amide bonds. The molecule has 2 N–H and O–H groups in total. The predicted octanol–water partition coefficient (Wildman–Crippen LogP) is 3.35. The van der Waals surface area contributed by atoms with Gasteiger partial charge in [-0.25, -0.2) is 9.18 Å². The van der Waals surface area contributed by atoms with Gasteiger partial charge in [0.05, 0.1) is 26.2 Å². The monoisotopic (exact) mass is 536 g/mol. The van der Waals surface area contributed by atoms with E-state index in [1.807, 2.05) is 48.5 Å². The van der Waals surface area contributed by atoms with E-state index in [-0.39, 0.29) is 38.0 Å². The van der Waals surface area contributed by atoms with Crippen LogP contribution in [0, 0.1) is 5.82 Å². The summed E-state index contributed by atoms with van der Waals surface area (Å²) in [6.07, 6.45) is 0.189. The minimum atomic E-state index is -1.04. The molecule has 9 nitrogen and oxygen atoms in total. The van der Waals surface area contributed by atoms with E-state index in [2.05, 4.69) is 5.73 Å². The average molecular weight is 537 g/mol. The van der Waals surface area contributed by atoms with Crippen molar-refractivity contribution in [1.29, 1.82) is 0 Å². The summed E-state index contributed by atoms with van der Waals surface area (Å²) in [6.45, 7) is 0.925. The lowest BCUT2D eigenvalue weighted by molar-refractivity contribution is -0.155. The van der Waals surface area contributed by atoms with Crippen molar-refractivity contribution in [2.75, 3.05) is 19.8 Å². The number of primary amides is 1. The molecule has 2 fully saturated rings. The molecule has 0 aliphatic carbocycles. The summed E-state index contributed by atoms with van der Waals surface area (Å²) < 4.78 is 37.6. The zero-order valence-corrected chi connectivity index (χ0v) is 21.2. The molecular formula is C29H29FN2O7. The van der Waals surface area contributed by atoms with Gasteiger partial charge in [0.1, 0.15) is 30.0 Å². The number of hydrogen-bond acceptors (Lipinski definition) is 7. The number of nitrogens with zero attached hydrogens (tertiary/aromatic N) is 1. The number of esters is 1. The van der Waals surface area contributed by atoms with Crippen molar-refractivity contribution >= 4 is 18.3 Å². The first-order valence-corrected chi connectivity index (χ1v) is 12.4. The molecule has 2 aliphatic heterocycles. The van der Waals surface area contributed by atoms with Crippen LogP contribution in [0.5, 0.6) is 11.5 Å². The molecule has 204 valence electrons. The molecule has 5 rings (SSSR count). The molecule has 3 aromatic rings. The Bertz CT molecular complexity index is 1270. The number of carbonyl (C=O) groups excluding carboxylic acids is 3. The van der Waals surface area contributed by atoms with Gasteiger partial charge >= 0.3 is 5.97 Å². The second kappa shape index (κ2) is 13.0. The molecule has 0 aromatic heterocycles. The SMILES string of the molecule is NC=O.O=C(OCc1ccccc1)C1CC2(CN1C(=O)Cc1ccc(Oc3ccccc3)cc1F)OCCO2. The highest BCUT2D eigenvalue weighted by atomic mass is 19.1. The quantitative estimate of drug-likeness (QED) is 0.364. The van der Waals surface area contributed by atoms with Crippen LogP contribution in [-0.2, 0) is 41.6 Å². The van der Waals surface area contributed by atoms with Crippen molar-refractivity contribution in [3.63, 3.8) is 0 Å². The smallest absolute Gasteiger partial charge is 0.329 e. The Balaban J connectivity index is 0.00000112. The normalized spacial score (nSPS) is 17.3. The molecule has 1 atom stereocenters. The number of amides is 2. The second-order valence-electron chi connectivity index (χ2n) is 8.92. The summed E-state index contributed by atoms with van der Waals surface area (Å²) in [5, 5.41) is 0. The Hall–Kier alpha value is -4.28. The van der Waals surface area contributed by atoms with E-state index in [4.69, 9.17) is 23.7 Å². The largest absolute Gasteiger partial charge is 0.459 e. The third kappa shape index (κ3) is 7.18. The van der Waals surface area contributed by atoms with Crippen LogP contribution in [0.15, 0.2) is 78.9 Å². The molecular weight excluding hydrogens is 507 g/mol. The molecule has 2 aliphatic rings. The van der Waals surface area contributed by atoms with Gasteiger partial charge in [0.25, 0.3) is 0 Å². The topological polar surface area (TPSA) is 117 Å². The van der Waals surface area contributed by atoms with Crippen molar-refractivity contribution in [3.8, 4) is 11.5 Å². The summed E-state index contributed by atoms with van der Waals surface area (Å²) in [4.78, 5) is 36.2. The number of likely N-dealkylation sites (tertiary alicyclic amines) is 1. The zero-order valence-electron chi connectivity index (χ0n) is 21.2. The van der Waals surface area contributed by atoms with Gasteiger partial charge in [0.2, 0.25) is 12.3 Å². The number of hydrogen-bond donors (Lipinski definition) is 1. The van der Waals surface area contributed by atoms with Gasteiger partial charge in [-0.3, -0.25) is 9.59 Å². The first-order chi connectivity index (χ1) is 18.9. The average Bonchev–Trinajstić information content (AvgIpc) is 3.57. The third-order valence-corrected chi connectivity index (χ3v) is 6.27. The van der Waals surface area contributed by atoms with Gasteiger partial charge < -0.3 is 29.6 Å². The molecule has 0 bridgehead atoms. The van der Waals surface area contributed by atoms with Gasteiger partial charge in [-0.1, -0.05) is 54.6 Å². The van der Waals surface area contributed by atoms with Gasteiger partial charge in [-0.2, -0.15) is 0 Å². The van der Waals surface area contributed by atoms with Gasteiger partial charge in [-0.15, -0.1) is 0 Å². The highest BCUT2D eigenvalue weighted by Gasteiger charge is 2.53. The summed E-state index contributed by atoms with van der Waals surface area (Å²) in [7, 11) is 0. The number of halogens is 1. The highest BCUT2D eigenvalue weighted by Crippen LogP contribution is 2.36. The van der Waals surface area contributed by atoms with Crippen LogP contribution in [0.1, 0.15) is 17.5 Å². The summed E-state index contributed by atoms with van der Waals surface area (Å²) >= 11 is 0. The lowest BCUT2D eigenvalue weighted by atomic mass is 10.1. The van der Waals surface area contributed by atoms with E-state index in [1.165, 1.54) is 17.0 Å². The summed E-state index contributed by atoms with van der Waals surface area (Å²) in [6, 6.07) is 21.8. The van der Waals surface area contributed by atoms with Crippen LogP contribution in [0.25, 0.3) is 0 Å². The number of ether oxygens (including phenoxy) is 4. The van der Waals surface area contributed by atoms with Crippen LogP contribution in [0.4, 0.5) is 4.39 Å². The van der Waals surface area contributed by atoms with Crippen molar-refractivity contribution < 1.29 is 37.7 Å². The first-order valence-electron chi connectivity index (χ1n) is 12.4. The van der Waals surface area contributed by atoms with Crippen molar-refractivity contribution in [2.45, 2.75) is 31.3 Å². The Kier molecular flexibility index (Phi) is 9.24. The standard InChI is InChI=1S/C28H26FNO6.CH3NO/c29-24-16-23(36-22-9-5-2-6-10-22)12-11-21(24)15-26(31)30-19-28(34-13-14-35-28)17-25(30)27(32)33-18-20-7-3-1-4-8-20;2-1-3/h1-12,16,25H,13-15,17-19H2;1H,(H2,2,3). The lowest BCUT2D eigenvalue weighted by Crippen LogP contribution is -2.43. The van der Waals surface area contributed by atoms with E-state index < -0.39 is 29.5 Å². The van der Waals surface area contributed by atoms with Gasteiger partial charge in [0, 0.05) is 12.5 Å². The van der Waals surface area contributed by atoms with Crippen molar-refractivity contribution in [2.24, 2.45) is 5.73 Å². The number of rotatable bonds is 7. The number of carbonyl (C=O) groups is 3. The predicted molar refractivity (Wildman–Crippen MR) is 138 cm³/mol.